The summed E-state index contributed by atoms with van der Waals surface area (Å²) in [7, 11) is 0. The minimum atomic E-state index is -0.180. The number of carbonyl (C=O) groups excluding carboxylic acids is 2. The number of ether oxygens (including phenoxy) is 1. The molecular formula is C15H18O3. The molecule has 0 radical (unpaired) electrons. The average molecular weight is 246 g/mol. The molecule has 96 valence electrons. The number of carbonyl (C=O) groups is 2. The average Bonchev–Trinajstić information content (AvgIpc) is 2.60. The van der Waals surface area contributed by atoms with Crippen molar-refractivity contribution < 1.29 is 14.3 Å². The van der Waals surface area contributed by atoms with Crippen molar-refractivity contribution in [2.45, 2.75) is 39.7 Å². The second kappa shape index (κ2) is 3.56. The molecule has 2 aliphatic carbocycles. The van der Waals surface area contributed by atoms with Crippen molar-refractivity contribution in [3.8, 4) is 0 Å². The standard InChI is InChI=1S/C15H18O3/c1-8-10-4-6-15(3)7-5-11(16)9(2)12(15)13(10)18-14(8)17/h5,7-8,10,13H,4,6H2,1-3H3/t8-,10?,13?,15-/m0/s1. The zero-order valence-electron chi connectivity index (χ0n) is 11.0. The van der Waals surface area contributed by atoms with E-state index in [-0.39, 0.29) is 35.1 Å². The van der Waals surface area contributed by atoms with Crippen LogP contribution in [0.3, 0.4) is 0 Å². The molecule has 3 heteroatoms. The zero-order valence-corrected chi connectivity index (χ0v) is 11.0. The van der Waals surface area contributed by atoms with Crippen molar-refractivity contribution >= 4 is 11.8 Å². The molecule has 3 aliphatic rings. The van der Waals surface area contributed by atoms with Gasteiger partial charge in [0.15, 0.2) is 5.78 Å². The lowest BCUT2D eigenvalue weighted by molar-refractivity contribution is -0.143. The Morgan fingerprint density at radius 1 is 1.39 bits per heavy atom. The van der Waals surface area contributed by atoms with Gasteiger partial charge in [0.1, 0.15) is 6.10 Å². The zero-order chi connectivity index (χ0) is 13.1. The Balaban J connectivity index is 2.10. The highest BCUT2D eigenvalue weighted by atomic mass is 16.6. The number of esters is 1. The van der Waals surface area contributed by atoms with Gasteiger partial charge in [0.25, 0.3) is 0 Å². The van der Waals surface area contributed by atoms with Gasteiger partial charge in [-0.1, -0.05) is 19.9 Å². The Kier molecular flexibility index (Phi) is 2.31. The molecule has 4 atom stereocenters. The van der Waals surface area contributed by atoms with Gasteiger partial charge in [-0.2, -0.15) is 0 Å². The van der Waals surface area contributed by atoms with Gasteiger partial charge in [-0.3, -0.25) is 9.59 Å². The molecule has 2 unspecified atom stereocenters. The molecule has 18 heavy (non-hydrogen) atoms. The molecule has 0 amide bonds. The highest BCUT2D eigenvalue weighted by Gasteiger charge is 2.52. The van der Waals surface area contributed by atoms with Crippen LogP contribution in [0.25, 0.3) is 0 Å². The van der Waals surface area contributed by atoms with Gasteiger partial charge < -0.3 is 4.74 Å². The van der Waals surface area contributed by atoms with Crippen molar-refractivity contribution in [2.75, 3.05) is 0 Å². The largest absolute Gasteiger partial charge is 0.457 e. The molecule has 0 N–H and O–H groups in total. The lowest BCUT2D eigenvalue weighted by Crippen LogP contribution is -2.39. The fourth-order valence-electron chi connectivity index (χ4n) is 3.69. The summed E-state index contributed by atoms with van der Waals surface area (Å²) in [6, 6.07) is 0. The number of rotatable bonds is 0. The van der Waals surface area contributed by atoms with E-state index < -0.39 is 0 Å². The first-order valence-corrected chi connectivity index (χ1v) is 6.59. The summed E-state index contributed by atoms with van der Waals surface area (Å²) in [4.78, 5) is 23.6. The summed E-state index contributed by atoms with van der Waals surface area (Å²) in [5, 5.41) is 0. The molecule has 3 nitrogen and oxygen atoms in total. The lowest BCUT2D eigenvalue weighted by Gasteiger charge is -2.42. The van der Waals surface area contributed by atoms with Crippen LogP contribution in [-0.2, 0) is 14.3 Å². The molecule has 0 spiro atoms. The Morgan fingerprint density at radius 3 is 2.83 bits per heavy atom. The van der Waals surface area contributed by atoms with E-state index in [0.717, 1.165) is 24.0 Å². The molecule has 1 saturated heterocycles. The van der Waals surface area contributed by atoms with E-state index in [9.17, 15) is 9.59 Å². The van der Waals surface area contributed by atoms with E-state index in [1.807, 2.05) is 19.9 Å². The monoisotopic (exact) mass is 246 g/mol. The molecule has 1 saturated carbocycles. The van der Waals surface area contributed by atoms with E-state index in [4.69, 9.17) is 4.74 Å². The van der Waals surface area contributed by atoms with Crippen LogP contribution in [0.15, 0.2) is 23.3 Å². The third kappa shape index (κ3) is 1.36. The minimum Gasteiger partial charge on any atom is -0.457 e. The highest BCUT2D eigenvalue weighted by molar-refractivity contribution is 6.05. The van der Waals surface area contributed by atoms with Gasteiger partial charge >= 0.3 is 5.97 Å². The van der Waals surface area contributed by atoms with E-state index in [0.29, 0.717) is 0 Å². The van der Waals surface area contributed by atoms with E-state index in [1.54, 1.807) is 6.08 Å². The van der Waals surface area contributed by atoms with Gasteiger partial charge in [-0.15, -0.1) is 0 Å². The fourth-order valence-corrected chi connectivity index (χ4v) is 3.69. The first-order chi connectivity index (χ1) is 8.44. The van der Waals surface area contributed by atoms with Crippen LogP contribution in [0, 0.1) is 17.3 Å². The number of hydrogen-bond acceptors (Lipinski definition) is 3. The molecule has 0 aromatic heterocycles. The van der Waals surface area contributed by atoms with Crippen LogP contribution < -0.4 is 0 Å². The van der Waals surface area contributed by atoms with Crippen molar-refractivity contribution in [1.29, 1.82) is 0 Å². The van der Waals surface area contributed by atoms with Crippen molar-refractivity contribution in [1.82, 2.24) is 0 Å². The first-order valence-electron chi connectivity index (χ1n) is 6.59. The summed E-state index contributed by atoms with van der Waals surface area (Å²) >= 11 is 0. The molecule has 3 rings (SSSR count). The molecular weight excluding hydrogens is 228 g/mol. The van der Waals surface area contributed by atoms with Crippen LogP contribution in [-0.4, -0.2) is 17.9 Å². The van der Waals surface area contributed by atoms with Crippen LogP contribution in [0.4, 0.5) is 0 Å². The summed E-state index contributed by atoms with van der Waals surface area (Å²) in [5.74, 6) is 0.144. The second-order valence-electron chi connectivity index (χ2n) is 6.00. The van der Waals surface area contributed by atoms with Gasteiger partial charge in [0, 0.05) is 16.9 Å². The third-order valence-electron chi connectivity index (χ3n) is 4.92. The van der Waals surface area contributed by atoms with Crippen LogP contribution in [0.1, 0.15) is 33.6 Å². The van der Waals surface area contributed by atoms with Gasteiger partial charge in [-0.05, 0) is 31.4 Å². The lowest BCUT2D eigenvalue weighted by atomic mass is 9.62. The van der Waals surface area contributed by atoms with E-state index in [2.05, 4.69) is 6.92 Å². The summed E-state index contributed by atoms with van der Waals surface area (Å²) in [5.41, 5.74) is 1.71. The predicted molar refractivity (Wildman–Crippen MR) is 66.7 cm³/mol. The molecule has 1 heterocycles. The summed E-state index contributed by atoms with van der Waals surface area (Å²) in [6.45, 7) is 5.94. The van der Waals surface area contributed by atoms with Crippen molar-refractivity contribution in [3.63, 3.8) is 0 Å². The Labute approximate surface area is 107 Å². The maximum Gasteiger partial charge on any atom is 0.309 e. The fraction of sp³-hybridized carbons (Fsp3) is 0.600. The maximum atomic E-state index is 11.9. The maximum absolute atomic E-state index is 11.9. The smallest absolute Gasteiger partial charge is 0.309 e. The van der Waals surface area contributed by atoms with Crippen LogP contribution in [0.2, 0.25) is 0 Å². The van der Waals surface area contributed by atoms with Crippen molar-refractivity contribution in [2.24, 2.45) is 17.3 Å². The molecule has 0 aromatic carbocycles. The molecule has 0 aromatic rings. The first kappa shape index (κ1) is 11.7. The minimum absolute atomic E-state index is 0.0409. The van der Waals surface area contributed by atoms with Gasteiger partial charge in [0.2, 0.25) is 0 Å². The Bertz CT molecular complexity index is 500. The highest BCUT2D eigenvalue weighted by Crippen LogP contribution is 2.52. The Morgan fingerprint density at radius 2 is 2.11 bits per heavy atom. The van der Waals surface area contributed by atoms with E-state index >= 15 is 0 Å². The van der Waals surface area contributed by atoms with Crippen molar-refractivity contribution in [3.05, 3.63) is 23.3 Å². The number of allylic oxidation sites excluding steroid dienone is 3. The molecule has 2 fully saturated rings. The normalized spacial score (nSPS) is 42.7. The molecule has 0 bridgehead atoms. The third-order valence-corrected chi connectivity index (χ3v) is 4.92. The predicted octanol–water partition coefficient (Wildman–Crippen LogP) is 2.42. The number of hydrogen-bond donors (Lipinski definition) is 0. The van der Waals surface area contributed by atoms with E-state index in [1.165, 1.54) is 0 Å². The number of fused-ring (bicyclic) bond motifs is 3. The quantitative estimate of drug-likeness (QED) is 0.616. The van der Waals surface area contributed by atoms with Gasteiger partial charge in [-0.25, -0.2) is 0 Å². The SMILES string of the molecule is CC1=C2C3OC(=O)[C@@H](C)C3CC[C@@]2(C)C=CC1=O. The van der Waals surface area contributed by atoms with Crippen LogP contribution in [0.5, 0.6) is 0 Å². The summed E-state index contributed by atoms with van der Waals surface area (Å²) < 4.78 is 5.55. The van der Waals surface area contributed by atoms with Crippen LogP contribution >= 0.6 is 0 Å². The topological polar surface area (TPSA) is 43.4 Å². The molecule has 1 aliphatic heterocycles. The Hall–Kier alpha value is -1.38. The summed E-state index contributed by atoms with van der Waals surface area (Å²) in [6.07, 6.45) is 5.46. The van der Waals surface area contributed by atoms with Gasteiger partial charge in [0.05, 0.1) is 5.92 Å². The second-order valence-corrected chi connectivity index (χ2v) is 6.00. The number of ketones is 1.